The van der Waals surface area contributed by atoms with Crippen molar-refractivity contribution >= 4 is 17.5 Å². The van der Waals surface area contributed by atoms with Gasteiger partial charge in [-0.1, -0.05) is 25.5 Å². The van der Waals surface area contributed by atoms with Crippen LogP contribution < -0.4 is 10.2 Å². The summed E-state index contributed by atoms with van der Waals surface area (Å²) in [6, 6.07) is 8.43. The van der Waals surface area contributed by atoms with Gasteiger partial charge in [-0.05, 0) is 31.0 Å². The molecule has 0 saturated carbocycles. The van der Waals surface area contributed by atoms with Crippen LogP contribution in [-0.2, 0) is 9.59 Å². The van der Waals surface area contributed by atoms with Gasteiger partial charge in [-0.3, -0.25) is 9.59 Å². The fraction of sp³-hybridized carbons (Fsp3) is 0.556. The van der Waals surface area contributed by atoms with Gasteiger partial charge in [0.25, 0.3) is 0 Å². The highest BCUT2D eigenvalue weighted by atomic mass is 16.2. The molecule has 1 saturated heterocycles. The molecule has 1 fully saturated rings. The lowest BCUT2D eigenvalue weighted by atomic mass is 10.2. The number of amides is 2. The molecule has 0 unspecified atom stereocenters. The zero-order chi connectivity index (χ0) is 16.7. The van der Waals surface area contributed by atoms with Crippen molar-refractivity contribution in [3.05, 3.63) is 29.8 Å². The minimum absolute atomic E-state index is 0.0127. The van der Waals surface area contributed by atoms with Crippen LogP contribution in [-0.4, -0.2) is 49.4 Å². The number of hydrogen-bond acceptors (Lipinski definition) is 3. The molecular formula is C18H27N3O2. The average molecular weight is 317 g/mol. The van der Waals surface area contributed by atoms with Crippen LogP contribution in [0.4, 0.5) is 5.69 Å². The maximum Gasteiger partial charge on any atom is 0.242 e. The Bertz CT molecular complexity index is 537. The van der Waals surface area contributed by atoms with Gasteiger partial charge < -0.3 is 15.1 Å². The quantitative estimate of drug-likeness (QED) is 0.872. The zero-order valence-electron chi connectivity index (χ0n) is 14.2. The Labute approximate surface area is 138 Å². The summed E-state index contributed by atoms with van der Waals surface area (Å²) >= 11 is 0. The van der Waals surface area contributed by atoms with Crippen molar-refractivity contribution < 1.29 is 9.59 Å². The number of carbonyl (C=O) groups is 2. The summed E-state index contributed by atoms with van der Waals surface area (Å²) in [4.78, 5) is 27.9. The van der Waals surface area contributed by atoms with Crippen LogP contribution in [0.25, 0.3) is 0 Å². The molecule has 126 valence electrons. The van der Waals surface area contributed by atoms with Crippen LogP contribution in [0.15, 0.2) is 24.3 Å². The summed E-state index contributed by atoms with van der Waals surface area (Å²) in [5.74, 6) is -0.0164. The van der Waals surface area contributed by atoms with Gasteiger partial charge in [-0.2, -0.15) is 0 Å². The first-order valence-electron chi connectivity index (χ1n) is 8.46. The van der Waals surface area contributed by atoms with E-state index >= 15 is 0 Å². The number of piperazine rings is 1. The van der Waals surface area contributed by atoms with Gasteiger partial charge >= 0.3 is 0 Å². The van der Waals surface area contributed by atoms with Crippen LogP contribution in [0.1, 0.15) is 31.7 Å². The number of nitrogens with one attached hydrogen (secondary N) is 1. The molecule has 1 aliphatic heterocycles. The summed E-state index contributed by atoms with van der Waals surface area (Å²) in [6.07, 6.45) is 2.36. The van der Waals surface area contributed by atoms with Crippen molar-refractivity contribution in [3.63, 3.8) is 0 Å². The number of unbranched alkanes of at least 4 members (excludes halogenated alkanes) is 1. The third kappa shape index (κ3) is 5.27. The third-order valence-corrected chi connectivity index (χ3v) is 4.19. The molecule has 5 nitrogen and oxygen atoms in total. The minimum atomic E-state index is -0.0291. The molecule has 0 bridgehead atoms. The lowest BCUT2D eigenvalue weighted by Gasteiger charge is -2.36. The zero-order valence-corrected chi connectivity index (χ0v) is 14.2. The van der Waals surface area contributed by atoms with Gasteiger partial charge in [0.05, 0.1) is 6.54 Å². The van der Waals surface area contributed by atoms with Gasteiger partial charge in [-0.15, -0.1) is 0 Å². The summed E-state index contributed by atoms with van der Waals surface area (Å²) < 4.78 is 0. The Kier molecular flexibility index (Phi) is 6.44. The second-order valence-corrected chi connectivity index (χ2v) is 6.09. The van der Waals surface area contributed by atoms with Crippen LogP contribution in [0.3, 0.4) is 0 Å². The first-order valence-corrected chi connectivity index (χ1v) is 8.46. The Balaban J connectivity index is 1.75. The van der Waals surface area contributed by atoms with E-state index in [9.17, 15) is 9.59 Å². The highest BCUT2D eigenvalue weighted by Crippen LogP contribution is 2.17. The summed E-state index contributed by atoms with van der Waals surface area (Å²) in [5, 5.41) is 2.72. The third-order valence-electron chi connectivity index (χ3n) is 4.19. The topological polar surface area (TPSA) is 52.7 Å². The molecule has 1 N–H and O–H groups in total. The maximum absolute atomic E-state index is 12.2. The second kappa shape index (κ2) is 8.56. The summed E-state index contributed by atoms with van der Waals surface area (Å²) in [7, 11) is 0. The monoisotopic (exact) mass is 317 g/mol. The predicted octanol–water partition coefficient (Wildman–Crippen LogP) is 1.95. The predicted molar refractivity (Wildman–Crippen MR) is 92.5 cm³/mol. The van der Waals surface area contributed by atoms with E-state index in [-0.39, 0.29) is 18.4 Å². The fourth-order valence-electron chi connectivity index (χ4n) is 2.75. The molecule has 0 atom stereocenters. The van der Waals surface area contributed by atoms with Crippen LogP contribution in [0, 0.1) is 6.92 Å². The van der Waals surface area contributed by atoms with Crippen molar-refractivity contribution in [3.8, 4) is 0 Å². The van der Waals surface area contributed by atoms with Gasteiger partial charge in [0, 0.05) is 38.3 Å². The number of hydrogen-bond donors (Lipinski definition) is 1. The molecule has 1 heterocycles. The molecule has 2 rings (SSSR count). The largest absolute Gasteiger partial charge is 0.368 e. The Morgan fingerprint density at radius 2 is 1.91 bits per heavy atom. The van der Waals surface area contributed by atoms with Gasteiger partial charge in [0.2, 0.25) is 11.8 Å². The molecule has 1 aliphatic rings. The van der Waals surface area contributed by atoms with Gasteiger partial charge in [0.1, 0.15) is 0 Å². The van der Waals surface area contributed by atoms with Crippen molar-refractivity contribution in [1.29, 1.82) is 0 Å². The molecule has 1 aromatic rings. The molecule has 0 aromatic heterocycles. The number of carbonyl (C=O) groups excluding carboxylic acids is 2. The molecule has 2 amide bonds. The van der Waals surface area contributed by atoms with E-state index in [1.807, 2.05) is 11.8 Å². The van der Waals surface area contributed by atoms with Crippen molar-refractivity contribution in [2.75, 3.05) is 37.6 Å². The normalized spacial score (nSPS) is 14.7. The fourth-order valence-corrected chi connectivity index (χ4v) is 2.75. The number of nitrogens with zero attached hydrogens (tertiary/aromatic N) is 2. The molecule has 1 aromatic carbocycles. The number of aryl methyl sites for hydroxylation is 1. The Morgan fingerprint density at radius 3 is 2.57 bits per heavy atom. The van der Waals surface area contributed by atoms with E-state index in [1.54, 1.807) is 0 Å². The number of benzene rings is 1. The van der Waals surface area contributed by atoms with Crippen LogP contribution in [0.5, 0.6) is 0 Å². The SMILES string of the molecule is CCCCC(=O)NCC(=O)N1CCN(c2cccc(C)c2)CC1. The number of rotatable bonds is 6. The van der Waals surface area contributed by atoms with Gasteiger partial charge in [0.15, 0.2) is 0 Å². The number of anilines is 1. The smallest absolute Gasteiger partial charge is 0.242 e. The second-order valence-electron chi connectivity index (χ2n) is 6.09. The maximum atomic E-state index is 12.2. The molecule has 23 heavy (non-hydrogen) atoms. The van der Waals surface area contributed by atoms with Crippen LogP contribution in [0.2, 0.25) is 0 Å². The average Bonchev–Trinajstić information content (AvgIpc) is 2.58. The lowest BCUT2D eigenvalue weighted by Crippen LogP contribution is -2.51. The van der Waals surface area contributed by atoms with Crippen molar-refractivity contribution in [2.45, 2.75) is 33.1 Å². The first kappa shape index (κ1) is 17.3. The van der Waals surface area contributed by atoms with E-state index in [0.29, 0.717) is 19.5 Å². The molecular weight excluding hydrogens is 290 g/mol. The summed E-state index contributed by atoms with van der Waals surface area (Å²) in [5.41, 5.74) is 2.46. The Hall–Kier alpha value is -2.04. The van der Waals surface area contributed by atoms with E-state index in [2.05, 4.69) is 41.4 Å². The van der Waals surface area contributed by atoms with E-state index in [4.69, 9.17) is 0 Å². The lowest BCUT2D eigenvalue weighted by molar-refractivity contribution is -0.133. The highest BCUT2D eigenvalue weighted by Gasteiger charge is 2.21. The Morgan fingerprint density at radius 1 is 1.17 bits per heavy atom. The summed E-state index contributed by atoms with van der Waals surface area (Å²) in [6.45, 7) is 7.33. The van der Waals surface area contributed by atoms with E-state index in [0.717, 1.165) is 25.9 Å². The van der Waals surface area contributed by atoms with E-state index < -0.39 is 0 Å². The van der Waals surface area contributed by atoms with Crippen molar-refractivity contribution in [1.82, 2.24) is 10.2 Å². The molecule has 0 aliphatic carbocycles. The van der Waals surface area contributed by atoms with E-state index in [1.165, 1.54) is 11.3 Å². The van der Waals surface area contributed by atoms with Crippen molar-refractivity contribution in [2.24, 2.45) is 0 Å². The minimum Gasteiger partial charge on any atom is -0.368 e. The highest BCUT2D eigenvalue weighted by molar-refractivity contribution is 5.84. The molecule has 0 spiro atoms. The standard InChI is InChI=1S/C18H27N3O2/c1-3-4-8-17(22)19-14-18(23)21-11-9-20(10-12-21)16-7-5-6-15(2)13-16/h5-7,13H,3-4,8-12,14H2,1-2H3,(H,19,22). The molecule has 5 heteroatoms. The first-order chi connectivity index (χ1) is 11.1. The van der Waals surface area contributed by atoms with Crippen LogP contribution >= 0.6 is 0 Å². The molecule has 0 radical (unpaired) electrons. The van der Waals surface area contributed by atoms with Gasteiger partial charge in [-0.25, -0.2) is 0 Å².